The van der Waals surface area contributed by atoms with E-state index < -0.39 is 75.2 Å². The van der Waals surface area contributed by atoms with Crippen LogP contribution in [0.2, 0.25) is 0 Å². The molecule has 3 fully saturated rings. The zero-order valence-electron chi connectivity index (χ0n) is 39.0. The highest BCUT2D eigenvalue weighted by Crippen LogP contribution is 2.46. The smallest absolute Gasteiger partial charge is 0.408 e. The number of allylic oxidation sites excluding steroid dienone is 1. The van der Waals surface area contributed by atoms with Crippen LogP contribution in [0.25, 0.3) is 22.3 Å². The van der Waals surface area contributed by atoms with Gasteiger partial charge in [0.15, 0.2) is 5.13 Å². The molecule has 3 aliphatic heterocycles. The number of carboxylic acids is 1. The number of carbonyl (C=O) groups excluding carboxylic acids is 3. The highest BCUT2D eigenvalue weighted by molar-refractivity contribution is 7.87. The van der Waals surface area contributed by atoms with Crippen LogP contribution in [0.15, 0.2) is 41.8 Å². The average molecular weight is 953 g/mol. The summed E-state index contributed by atoms with van der Waals surface area (Å²) in [4.78, 5) is 67.1. The monoisotopic (exact) mass is 952 g/mol. The van der Waals surface area contributed by atoms with Gasteiger partial charge in [-0.15, -0.1) is 11.3 Å². The van der Waals surface area contributed by atoms with E-state index in [4.69, 9.17) is 24.2 Å². The molecule has 66 heavy (non-hydrogen) atoms. The average Bonchev–Trinajstić information content (AvgIpc) is 3.50. The molecule has 3 amide bonds. The number of nitrogens with one attached hydrogen (secondary N) is 3. The molecule has 0 spiro atoms. The van der Waals surface area contributed by atoms with Gasteiger partial charge in [-0.3, -0.25) is 9.59 Å². The third-order valence-corrected chi connectivity index (χ3v) is 15.7. The van der Waals surface area contributed by atoms with Crippen LogP contribution in [0.5, 0.6) is 11.5 Å². The fraction of sp³-hybridized carbons (Fsp3) is 0.609. The molecule has 4 N–H and O–H groups in total. The third-order valence-electron chi connectivity index (χ3n) is 12.7. The highest BCUT2D eigenvalue weighted by Gasteiger charge is 2.61. The minimum atomic E-state index is -3.79. The maximum Gasteiger partial charge on any atom is 0.408 e. The van der Waals surface area contributed by atoms with Crippen molar-refractivity contribution in [1.29, 1.82) is 0 Å². The van der Waals surface area contributed by atoms with Crippen molar-refractivity contribution < 1.29 is 46.9 Å². The Morgan fingerprint density at radius 3 is 2.52 bits per heavy atom. The van der Waals surface area contributed by atoms with E-state index in [0.29, 0.717) is 59.6 Å². The Morgan fingerprint density at radius 1 is 1.06 bits per heavy atom. The number of aliphatic carboxylic acids is 1. The second kappa shape index (κ2) is 19.7. The summed E-state index contributed by atoms with van der Waals surface area (Å²) >= 11 is 1.44. The number of hydrogen-bond donors (Lipinski definition) is 4. The molecule has 1 saturated carbocycles. The molecule has 2 aromatic heterocycles. The second-order valence-corrected chi connectivity index (χ2v) is 22.1. The number of carboxylic acid groups (broad SMARTS) is 1. The van der Waals surface area contributed by atoms with Gasteiger partial charge in [0.1, 0.15) is 47.0 Å². The van der Waals surface area contributed by atoms with Gasteiger partial charge in [0, 0.05) is 65.8 Å². The Morgan fingerprint density at radius 2 is 1.83 bits per heavy atom. The number of methoxy groups -OCH3 is 1. The summed E-state index contributed by atoms with van der Waals surface area (Å²) in [6.07, 6.45) is 4.42. The van der Waals surface area contributed by atoms with Crippen molar-refractivity contribution in [3.8, 4) is 22.9 Å². The normalized spacial score (nSPS) is 25.7. The molecule has 0 bridgehead atoms. The highest BCUT2D eigenvalue weighted by atomic mass is 32.2. The van der Waals surface area contributed by atoms with Gasteiger partial charge < -0.3 is 40.2 Å². The SMILES string of the molecule is COc1ccc2c(O[C@@H]3C[C@H]4C(=O)N[C@]5(C(=O)O)CC5C=CCCCCC[C@H](NC(=O)O[C@H](CN5CCN(C(C)C)S5(=O)=O)C(C)(C)C)C(=O)N4C3)cc(-c3csc(NC(C)C)n3)nc2c1. The predicted molar refractivity (Wildman–Crippen MR) is 251 cm³/mol. The number of hydrogen-bond acceptors (Lipinski definition) is 13. The fourth-order valence-corrected chi connectivity index (χ4v) is 11.5. The van der Waals surface area contributed by atoms with Crippen molar-refractivity contribution in [3.63, 3.8) is 0 Å². The summed E-state index contributed by atoms with van der Waals surface area (Å²) in [5, 5.41) is 22.6. The molecule has 1 unspecified atom stereocenters. The minimum absolute atomic E-state index is 0.0171. The number of fused-ring (bicyclic) bond motifs is 3. The predicted octanol–water partition coefficient (Wildman–Crippen LogP) is 5.80. The van der Waals surface area contributed by atoms with E-state index in [1.165, 1.54) is 24.8 Å². The first kappa shape index (κ1) is 48.9. The molecule has 20 heteroatoms. The Hall–Kier alpha value is -5.05. The Labute approximate surface area is 391 Å². The van der Waals surface area contributed by atoms with E-state index in [0.717, 1.165) is 11.6 Å². The van der Waals surface area contributed by atoms with Gasteiger partial charge in [0.2, 0.25) is 11.8 Å². The Bertz CT molecular complexity index is 2440. The molecule has 2 saturated heterocycles. The maximum absolute atomic E-state index is 15.0. The molecule has 360 valence electrons. The first-order valence-electron chi connectivity index (χ1n) is 22.8. The number of ether oxygens (including phenoxy) is 3. The molecule has 5 heterocycles. The van der Waals surface area contributed by atoms with E-state index in [1.807, 2.05) is 72.1 Å². The molecule has 1 aliphatic carbocycles. The van der Waals surface area contributed by atoms with Crippen molar-refractivity contribution in [1.82, 2.24) is 34.1 Å². The Balaban J connectivity index is 1.18. The van der Waals surface area contributed by atoms with E-state index in [9.17, 15) is 32.7 Å². The van der Waals surface area contributed by atoms with E-state index in [1.54, 1.807) is 25.3 Å². The first-order valence-corrected chi connectivity index (χ1v) is 25.1. The summed E-state index contributed by atoms with van der Waals surface area (Å²) < 4.78 is 47.8. The number of amides is 3. The van der Waals surface area contributed by atoms with Crippen molar-refractivity contribution in [2.45, 2.75) is 135 Å². The number of thiazole rings is 1. The summed E-state index contributed by atoms with van der Waals surface area (Å²) in [5.41, 5.74) is -0.482. The van der Waals surface area contributed by atoms with Crippen LogP contribution in [0.4, 0.5) is 9.93 Å². The quantitative estimate of drug-likeness (QED) is 0.158. The fourth-order valence-electron chi connectivity index (χ4n) is 8.84. The zero-order valence-corrected chi connectivity index (χ0v) is 40.7. The topological polar surface area (TPSA) is 222 Å². The van der Waals surface area contributed by atoms with Crippen molar-refractivity contribution in [2.75, 3.05) is 38.6 Å². The largest absolute Gasteiger partial charge is 0.497 e. The van der Waals surface area contributed by atoms with E-state index in [-0.39, 0.29) is 51.0 Å². The number of rotatable bonds is 12. The molecule has 3 aromatic rings. The molecule has 1 aromatic carbocycles. The van der Waals surface area contributed by atoms with E-state index in [2.05, 4.69) is 16.0 Å². The summed E-state index contributed by atoms with van der Waals surface area (Å²) in [5.74, 6) is -1.75. The number of carbonyl (C=O) groups is 4. The van der Waals surface area contributed by atoms with Crippen LogP contribution in [0.1, 0.15) is 93.4 Å². The van der Waals surface area contributed by atoms with Crippen LogP contribution in [-0.4, -0.2) is 136 Å². The zero-order chi connectivity index (χ0) is 47.7. The molecule has 0 radical (unpaired) electrons. The minimum Gasteiger partial charge on any atom is -0.497 e. The third kappa shape index (κ3) is 10.7. The van der Waals surface area contributed by atoms with Gasteiger partial charge in [-0.1, -0.05) is 45.8 Å². The summed E-state index contributed by atoms with van der Waals surface area (Å²) in [6, 6.07) is 4.81. The van der Waals surface area contributed by atoms with Crippen LogP contribution in [-0.2, 0) is 29.3 Å². The molecule has 7 rings (SSSR count). The lowest BCUT2D eigenvalue weighted by atomic mass is 9.89. The standard InChI is InChI=1S/C46H64N8O10S2/c1-27(2)47-43-49-36(26-65-43)35-22-38(32-17-16-30(62-8)20-34(32)48-35)63-31-21-37-40(55)51-46(42(57)58)23-29(46)14-12-10-9-11-13-15-33(41(56)53(37)24-31)50-44(59)64-39(45(5,6)7)25-52-18-19-54(28(3)4)66(52,60)61/h12,14,16-17,20,22,26-29,31,33,37,39H,9-11,13,15,18-19,21,23-25H2,1-8H3,(H,47,49)(H,50,59)(H,51,55)(H,57,58)/t29?,31-,33+,37+,39-,46-/m1/s1. The van der Waals surface area contributed by atoms with Crippen molar-refractivity contribution in [3.05, 3.63) is 41.8 Å². The molecular weight excluding hydrogens is 889 g/mol. The lowest BCUT2D eigenvalue weighted by Crippen LogP contribution is -2.56. The molecular formula is C46H64N8O10S2. The van der Waals surface area contributed by atoms with Crippen LogP contribution < -0.4 is 25.4 Å². The number of pyridine rings is 1. The van der Waals surface area contributed by atoms with Gasteiger partial charge >= 0.3 is 12.1 Å². The van der Waals surface area contributed by atoms with Crippen molar-refractivity contribution in [2.24, 2.45) is 11.3 Å². The number of anilines is 1. The lowest BCUT2D eigenvalue weighted by molar-refractivity contribution is -0.145. The molecule has 6 atom stereocenters. The second-order valence-electron chi connectivity index (χ2n) is 19.4. The van der Waals surface area contributed by atoms with Crippen molar-refractivity contribution >= 4 is 61.5 Å². The van der Waals surface area contributed by atoms with Gasteiger partial charge in [-0.25, -0.2) is 19.6 Å². The van der Waals surface area contributed by atoms with E-state index >= 15 is 0 Å². The van der Waals surface area contributed by atoms with Gasteiger partial charge in [0.25, 0.3) is 10.2 Å². The Kier molecular flexibility index (Phi) is 14.6. The number of alkyl carbamates (subject to hydrolysis) is 1. The molecule has 4 aliphatic rings. The number of nitrogens with zero attached hydrogens (tertiary/aromatic N) is 5. The summed E-state index contributed by atoms with van der Waals surface area (Å²) in [7, 11) is -2.22. The van der Waals surface area contributed by atoms with Crippen LogP contribution in [0.3, 0.4) is 0 Å². The number of benzene rings is 1. The molecule has 18 nitrogen and oxygen atoms in total. The van der Waals surface area contributed by atoms with Crippen LogP contribution >= 0.6 is 11.3 Å². The number of aromatic nitrogens is 2. The lowest BCUT2D eigenvalue weighted by Gasteiger charge is -2.34. The van der Waals surface area contributed by atoms with Gasteiger partial charge in [-0.05, 0) is 65.5 Å². The van der Waals surface area contributed by atoms with Crippen LogP contribution in [0, 0.1) is 11.3 Å². The first-order chi connectivity index (χ1) is 31.2. The van der Waals surface area contributed by atoms with Gasteiger partial charge in [0.05, 0.1) is 31.4 Å². The summed E-state index contributed by atoms with van der Waals surface area (Å²) in [6.45, 7) is 13.6. The maximum atomic E-state index is 15.0. The van der Waals surface area contributed by atoms with Gasteiger partial charge in [-0.2, -0.15) is 17.0 Å².